The monoisotopic (exact) mass is 267 g/mol. The normalized spacial score (nSPS) is 12.7. The summed E-state index contributed by atoms with van der Waals surface area (Å²) in [6.07, 6.45) is 0.660. The second-order valence-corrected chi connectivity index (χ2v) is 5.26. The van der Waals surface area contributed by atoms with Gasteiger partial charge >= 0.3 is 0 Å². The van der Waals surface area contributed by atoms with Gasteiger partial charge in [0, 0.05) is 22.9 Å². The minimum Gasteiger partial charge on any atom is -0.313 e. The van der Waals surface area contributed by atoms with Crippen LogP contribution in [-0.2, 0) is 6.42 Å². The van der Waals surface area contributed by atoms with E-state index < -0.39 is 11.6 Å². The number of nitrogens with one attached hydrogen (secondary N) is 1. The average Bonchev–Trinajstić information content (AvgIpc) is 2.87. The molecule has 2 aromatic rings. The van der Waals surface area contributed by atoms with Crippen molar-refractivity contribution in [3.63, 3.8) is 0 Å². The lowest BCUT2D eigenvalue weighted by Gasteiger charge is -2.17. The van der Waals surface area contributed by atoms with Crippen LogP contribution >= 0.6 is 11.3 Å². The third-order valence-electron chi connectivity index (χ3n) is 3.01. The fourth-order valence-corrected chi connectivity index (χ4v) is 2.68. The van der Waals surface area contributed by atoms with E-state index in [1.807, 2.05) is 17.5 Å². The molecule has 0 saturated carbocycles. The first-order chi connectivity index (χ1) is 8.63. The number of hydrogen-bond acceptors (Lipinski definition) is 2. The molecule has 1 aromatic carbocycles. The highest BCUT2D eigenvalue weighted by Gasteiger charge is 2.18. The van der Waals surface area contributed by atoms with Gasteiger partial charge in [0.2, 0.25) is 0 Å². The number of aryl methyl sites for hydroxylation is 1. The summed E-state index contributed by atoms with van der Waals surface area (Å²) in [6.45, 7) is 1.57. The van der Waals surface area contributed by atoms with Crippen LogP contribution in [-0.4, -0.2) is 7.05 Å². The SMILES string of the molecule is CNC(Cc1cccs1)c1ccc(C)c(F)c1F. The van der Waals surface area contributed by atoms with Crippen molar-refractivity contribution in [2.24, 2.45) is 0 Å². The highest BCUT2D eigenvalue weighted by molar-refractivity contribution is 7.09. The zero-order valence-electron chi connectivity index (χ0n) is 10.3. The highest BCUT2D eigenvalue weighted by atomic mass is 32.1. The molecule has 1 unspecified atom stereocenters. The maximum Gasteiger partial charge on any atom is 0.163 e. The van der Waals surface area contributed by atoms with Gasteiger partial charge in [-0.05, 0) is 31.0 Å². The molecule has 1 atom stereocenters. The number of thiophene rings is 1. The predicted molar refractivity (Wildman–Crippen MR) is 70.9 cm³/mol. The van der Waals surface area contributed by atoms with Crippen LogP contribution < -0.4 is 5.32 Å². The molecule has 0 aliphatic heterocycles. The molecule has 1 nitrogen and oxygen atoms in total. The summed E-state index contributed by atoms with van der Waals surface area (Å²) in [5.41, 5.74) is 0.719. The first kappa shape index (κ1) is 13.2. The molecular weight excluding hydrogens is 252 g/mol. The van der Waals surface area contributed by atoms with E-state index in [9.17, 15) is 8.78 Å². The van der Waals surface area contributed by atoms with Crippen molar-refractivity contribution in [2.45, 2.75) is 19.4 Å². The van der Waals surface area contributed by atoms with Crippen molar-refractivity contribution < 1.29 is 8.78 Å². The summed E-state index contributed by atoms with van der Waals surface area (Å²) in [6, 6.07) is 7.02. The molecule has 4 heteroatoms. The molecule has 0 spiro atoms. The van der Waals surface area contributed by atoms with Gasteiger partial charge in [-0.25, -0.2) is 8.78 Å². The maximum absolute atomic E-state index is 13.9. The zero-order valence-corrected chi connectivity index (χ0v) is 11.2. The Morgan fingerprint density at radius 2 is 2.00 bits per heavy atom. The molecule has 1 N–H and O–H groups in total. The van der Waals surface area contributed by atoms with Gasteiger partial charge < -0.3 is 5.32 Å². The third-order valence-corrected chi connectivity index (χ3v) is 3.91. The molecule has 0 aliphatic carbocycles. The number of benzene rings is 1. The Morgan fingerprint density at radius 1 is 1.22 bits per heavy atom. The molecule has 0 fully saturated rings. The molecule has 1 aromatic heterocycles. The van der Waals surface area contributed by atoms with Gasteiger partial charge in [0.15, 0.2) is 11.6 Å². The largest absolute Gasteiger partial charge is 0.313 e. The summed E-state index contributed by atoms with van der Waals surface area (Å²) in [5.74, 6) is -1.50. The molecule has 96 valence electrons. The Labute approximate surface area is 109 Å². The van der Waals surface area contributed by atoms with Gasteiger partial charge in [-0.3, -0.25) is 0 Å². The van der Waals surface area contributed by atoms with E-state index in [0.29, 0.717) is 17.5 Å². The van der Waals surface area contributed by atoms with Crippen molar-refractivity contribution in [3.05, 3.63) is 57.3 Å². The summed E-state index contributed by atoms with van der Waals surface area (Å²) >= 11 is 1.62. The van der Waals surface area contributed by atoms with E-state index >= 15 is 0 Å². The molecule has 1 heterocycles. The fraction of sp³-hybridized carbons (Fsp3) is 0.286. The molecule has 0 saturated heterocycles. The van der Waals surface area contributed by atoms with E-state index in [4.69, 9.17) is 0 Å². The van der Waals surface area contributed by atoms with Crippen LogP contribution in [0.4, 0.5) is 8.78 Å². The van der Waals surface area contributed by atoms with Crippen molar-refractivity contribution in [1.82, 2.24) is 5.32 Å². The van der Waals surface area contributed by atoms with Crippen LogP contribution in [0.1, 0.15) is 22.0 Å². The lowest BCUT2D eigenvalue weighted by Crippen LogP contribution is -2.20. The average molecular weight is 267 g/mol. The third kappa shape index (κ3) is 2.60. The molecule has 18 heavy (non-hydrogen) atoms. The van der Waals surface area contributed by atoms with E-state index in [1.165, 1.54) is 0 Å². The van der Waals surface area contributed by atoms with Crippen molar-refractivity contribution in [3.8, 4) is 0 Å². The van der Waals surface area contributed by atoms with Gasteiger partial charge in [-0.15, -0.1) is 11.3 Å². The van der Waals surface area contributed by atoms with Gasteiger partial charge in [0.25, 0.3) is 0 Å². The van der Waals surface area contributed by atoms with E-state index in [0.717, 1.165) is 4.88 Å². The molecule has 2 rings (SSSR count). The van der Waals surface area contributed by atoms with Gasteiger partial charge in [0.1, 0.15) is 0 Å². The topological polar surface area (TPSA) is 12.0 Å². The second kappa shape index (κ2) is 5.59. The Hall–Kier alpha value is -1.26. The van der Waals surface area contributed by atoms with Crippen LogP contribution in [0.2, 0.25) is 0 Å². The van der Waals surface area contributed by atoms with Gasteiger partial charge in [0.05, 0.1) is 0 Å². The lowest BCUT2D eigenvalue weighted by molar-refractivity contribution is 0.470. The number of hydrogen-bond donors (Lipinski definition) is 1. The van der Waals surface area contributed by atoms with E-state index in [1.54, 1.807) is 37.4 Å². The molecule has 0 aliphatic rings. The Balaban J connectivity index is 2.30. The first-order valence-electron chi connectivity index (χ1n) is 5.77. The predicted octanol–water partition coefficient (Wildman–Crippen LogP) is 3.84. The second-order valence-electron chi connectivity index (χ2n) is 4.22. The van der Waals surface area contributed by atoms with Gasteiger partial charge in [-0.1, -0.05) is 18.2 Å². The quantitative estimate of drug-likeness (QED) is 0.887. The van der Waals surface area contributed by atoms with E-state index in [-0.39, 0.29) is 6.04 Å². The number of halogens is 2. The minimum absolute atomic E-state index is 0.209. The molecule has 0 radical (unpaired) electrons. The molecule has 0 amide bonds. The van der Waals surface area contributed by atoms with Crippen molar-refractivity contribution >= 4 is 11.3 Å². The summed E-state index contributed by atoms with van der Waals surface area (Å²) < 4.78 is 27.5. The Morgan fingerprint density at radius 3 is 2.61 bits per heavy atom. The van der Waals surface area contributed by atoms with Crippen LogP contribution in [0, 0.1) is 18.6 Å². The highest BCUT2D eigenvalue weighted by Crippen LogP contribution is 2.25. The molecular formula is C14H15F2NS. The standard InChI is InChI=1S/C14H15F2NS/c1-9-5-6-11(14(16)13(9)15)12(17-2)8-10-4-3-7-18-10/h3-7,12,17H,8H2,1-2H3. The smallest absolute Gasteiger partial charge is 0.163 e. The maximum atomic E-state index is 13.9. The van der Waals surface area contributed by atoms with Crippen LogP contribution in [0.15, 0.2) is 29.6 Å². The summed E-state index contributed by atoms with van der Waals surface area (Å²) in [4.78, 5) is 1.15. The van der Waals surface area contributed by atoms with Gasteiger partial charge in [-0.2, -0.15) is 0 Å². The number of rotatable bonds is 4. The van der Waals surface area contributed by atoms with Crippen LogP contribution in [0.25, 0.3) is 0 Å². The lowest BCUT2D eigenvalue weighted by atomic mass is 10.0. The Kier molecular flexibility index (Phi) is 4.09. The van der Waals surface area contributed by atoms with Crippen LogP contribution in [0.5, 0.6) is 0 Å². The van der Waals surface area contributed by atoms with Crippen molar-refractivity contribution in [2.75, 3.05) is 7.05 Å². The minimum atomic E-state index is -0.751. The van der Waals surface area contributed by atoms with Crippen molar-refractivity contribution in [1.29, 1.82) is 0 Å². The summed E-state index contributed by atoms with van der Waals surface area (Å²) in [5, 5.41) is 5.02. The summed E-state index contributed by atoms with van der Waals surface area (Å²) in [7, 11) is 1.76. The Bertz CT molecular complexity index is 523. The number of likely N-dealkylation sites (N-methyl/N-ethyl adjacent to an activating group) is 1. The first-order valence-corrected chi connectivity index (χ1v) is 6.65. The van der Waals surface area contributed by atoms with Crippen LogP contribution in [0.3, 0.4) is 0 Å². The zero-order chi connectivity index (χ0) is 13.1. The van der Waals surface area contributed by atoms with E-state index in [2.05, 4.69) is 5.32 Å². The fourth-order valence-electron chi connectivity index (χ4n) is 1.93. The molecule has 0 bridgehead atoms.